The van der Waals surface area contributed by atoms with Crippen LogP contribution in [0.15, 0.2) is 60.6 Å². The van der Waals surface area contributed by atoms with Gasteiger partial charge < -0.3 is 15.2 Å². The number of rotatable bonds is 3. The molecular formula is C17H17N3O4. The Balaban J connectivity index is 0.000000175. The maximum atomic E-state index is 10.8. The number of imidazole rings is 1. The van der Waals surface area contributed by atoms with Crippen LogP contribution in [0.25, 0.3) is 11.5 Å². The Hall–Kier alpha value is -3.22. The number of nitrogens with one attached hydrogen (secondary N) is 1. The number of carbonyl (C=O) groups is 2. The number of hydrogen-bond donors (Lipinski definition) is 3. The molecule has 124 valence electrons. The largest absolute Gasteiger partial charge is 0.481 e. The Kier molecular flexibility index (Phi) is 5.26. The first-order valence-electron chi connectivity index (χ1n) is 7.18. The van der Waals surface area contributed by atoms with Gasteiger partial charge in [0.15, 0.2) is 5.82 Å². The van der Waals surface area contributed by atoms with E-state index >= 15 is 0 Å². The fourth-order valence-corrected chi connectivity index (χ4v) is 2.09. The second-order valence-corrected chi connectivity index (χ2v) is 5.41. The van der Waals surface area contributed by atoms with Crippen LogP contribution in [0.3, 0.4) is 0 Å². The maximum absolute atomic E-state index is 10.8. The maximum Gasteiger partial charge on any atom is 0.331 e. The first kappa shape index (κ1) is 17.1. The molecule has 2 aromatic rings. The van der Waals surface area contributed by atoms with Gasteiger partial charge in [-0.25, -0.2) is 9.78 Å². The Morgan fingerprint density at radius 3 is 2.54 bits per heavy atom. The van der Waals surface area contributed by atoms with E-state index < -0.39 is 17.4 Å². The van der Waals surface area contributed by atoms with Crippen molar-refractivity contribution >= 4 is 11.9 Å². The summed E-state index contributed by atoms with van der Waals surface area (Å²) in [5, 5.41) is 17.5. The summed E-state index contributed by atoms with van der Waals surface area (Å²) in [7, 11) is 0. The van der Waals surface area contributed by atoms with Crippen LogP contribution in [-0.4, -0.2) is 37.1 Å². The molecule has 1 aliphatic carbocycles. The first-order valence-corrected chi connectivity index (χ1v) is 7.18. The highest BCUT2D eigenvalue weighted by Crippen LogP contribution is 2.31. The molecule has 2 heterocycles. The summed E-state index contributed by atoms with van der Waals surface area (Å²) in [5.41, 5.74) is -0.0763. The summed E-state index contributed by atoms with van der Waals surface area (Å²) in [6.07, 6.45) is 9.68. The summed E-state index contributed by atoms with van der Waals surface area (Å²) in [5.74, 6) is -1.25. The van der Waals surface area contributed by atoms with E-state index in [0.29, 0.717) is 0 Å². The van der Waals surface area contributed by atoms with Gasteiger partial charge in [-0.15, -0.1) is 0 Å². The van der Waals surface area contributed by atoms with Crippen molar-refractivity contribution in [3.63, 3.8) is 0 Å². The number of aromatic nitrogens is 3. The zero-order chi connectivity index (χ0) is 17.6. The predicted molar refractivity (Wildman–Crippen MR) is 87.0 cm³/mol. The van der Waals surface area contributed by atoms with Crippen LogP contribution in [0.1, 0.15) is 13.3 Å². The molecule has 1 atom stereocenters. The monoisotopic (exact) mass is 327 g/mol. The van der Waals surface area contributed by atoms with Gasteiger partial charge in [0, 0.05) is 24.2 Å². The quantitative estimate of drug-likeness (QED) is 0.797. The highest BCUT2D eigenvalue weighted by molar-refractivity contribution is 5.90. The van der Waals surface area contributed by atoms with Gasteiger partial charge in [0.05, 0.1) is 5.41 Å². The van der Waals surface area contributed by atoms with E-state index in [1.165, 1.54) is 25.2 Å². The minimum atomic E-state index is -1.08. The molecule has 0 saturated carbocycles. The van der Waals surface area contributed by atoms with Crippen LogP contribution in [0, 0.1) is 5.41 Å². The van der Waals surface area contributed by atoms with Crippen molar-refractivity contribution in [1.29, 1.82) is 0 Å². The third-order valence-electron chi connectivity index (χ3n) is 3.49. The molecule has 7 nitrogen and oxygen atoms in total. The van der Waals surface area contributed by atoms with Gasteiger partial charge in [-0.05, 0) is 25.5 Å². The Bertz CT molecular complexity index is 766. The molecule has 3 N–H and O–H groups in total. The second kappa shape index (κ2) is 7.36. The molecule has 1 unspecified atom stereocenters. The minimum Gasteiger partial charge on any atom is -0.481 e. The number of aromatic amines is 1. The molecule has 0 aromatic carbocycles. The number of pyridine rings is 1. The number of aliphatic carboxylic acids is 2. The van der Waals surface area contributed by atoms with Crippen LogP contribution >= 0.6 is 0 Å². The number of allylic oxidation sites excluding steroid dienone is 2. The second-order valence-electron chi connectivity index (χ2n) is 5.41. The van der Waals surface area contributed by atoms with E-state index in [1.54, 1.807) is 18.6 Å². The third-order valence-corrected chi connectivity index (χ3v) is 3.49. The Morgan fingerprint density at radius 2 is 2.00 bits per heavy atom. The summed E-state index contributed by atoms with van der Waals surface area (Å²) in [4.78, 5) is 32.5. The van der Waals surface area contributed by atoms with Gasteiger partial charge in [0.2, 0.25) is 0 Å². The van der Waals surface area contributed by atoms with E-state index in [2.05, 4.69) is 15.0 Å². The molecule has 0 saturated heterocycles. The van der Waals surface area contributed by atoms with Crippen molar-refractivity contribution in [2.45, 2.75) is 13.3 Å². The van der Waals surface area contributed by atoms with Gasteiger partial charge in [0.1, 0.15) is 5.69 Å². The fourth-order valence-electron chi connectivity index (χ4n) is 2.09. The topological polar surface area (TPSA) is 116 Å². The summed E-state index contributed by atoms with van der Waals surface area (Å²) >= 11 is 0. The standard InChI is InChI=1S/C9H10O4.C8H7N3/c1-9(8(12)13)4-2-3-6(5-9)7(10)11;1-2-4-9-7(3-1)8-10-5-6-11-8/h2-4H,5H2,1H3,(H,10,11)(H,12,13);1-6H,(H,10,11). The molecule has 0 radical (unpaired) electrons. The van der Waals surface area contributed by atoms with Crippen molar-refractivity contribution in [3.05, 3.63) is 60.6 Å². The average Bonchev–Trinajstić information content (AvgIpc) is 3.11. The van der Waals surface area contributed by atoms with E-state index in [-0.39, 0.29) is 12.0 Å². The minimum absolute atomic E-state index is 0.0359. The van der Waals surface area contributed by atoms with Gasteiger partial charge in [0.25, 0.3) is 0 Å². The molecule has 7 heteroatoms. The molecular weight excluding hydrogens is 310 g/mol. The number of carboxylic acids is 2. The lowest BCUT2D eigenvalue weighted by atomic mass is 9.80. The highest BCUT2D eigenvalue weighted by Gasteiger charge is 2.34. The molecule has 24 heavy (non-hydrogen) atoms. The Morgan fingerprint density at radius 1 is 1.21 bits per heavy atom. The van der Waals surface area contributed by atoms with Crippen molar-refractivity contribution in [3.8, 4) is 11.5 Å². The average molecular weight is 327 g/mol. The molecule has 0 amide bonds. The zero-order valence-corrected chi connectivity index (χ0v) is 13.0. The molecule has 0 spiro atoms. The summed E-state index contributed by atoms with van der Waals surface area (Å²) in [6, 6.07) is 5.73. The van der Waals surface area contributed by atoms with Gasteiger partial charge in [-0.3, -0.25) is 9.78 Å². The molecule has 3 rings (SSSR count). The van der Waals surface area contributed by atoms with Crippen molar-refractivity contribution < 1.29 is 19.8 Å². The smallest absolute Gasteiger partial charge is 0.331 e. The highest BCUT2D eigenvalue weighted by atomic mass is 16.4. The SMILES string of the molecule is CC1(C(=O)O)C=CC=C(C(=O)O)C1.c1ccc(-c2ncc[nH]2)nc1. The van der Waals surface area contributed by atoms with Crippen molar-refractivity contribution in [1.82, 2.24) is 15.0 Å². The van der Waals surface area contributed by atoms with E-state index in [0.717, 1.165) is 11.5 Å². The molecule has 0 bridgehead atoms. The lowest BCUT2D eigenvalue weighted by molar-refractivity contribution is -0.145. The molecule has 0 aliphatic heterocycles. The zero-order valence-electron chi connectivity index (χ0n) is 13.0. The lowest BCUT2D eigenvalue weighted by Crippen LogP contribution is -2.28. The van der Waals surface area contributed by atoms with E-state index in [1.807, 2.05) is 18.2 Å². The number of carboxylic acid groups (broad SMARTS) is 2. The number of nitrogens with zero attached hydrogens (tertiary/aromatic N) is 2. The van der Waals surface area contributed by atoms with Gasteiger partial charge in [-0.1, -0.05) is 24.3 Å². The summed E-state index contributed by atoms with van der Waals surface area (Å²) < 4.78 is 0. The van der Waals surface area contributed by atoms with Gasteiger partial charge >= 0.3 is 11.9 Å². The van der Waals surface area contributed by atoms with E-state index in [9.17, 15) is 9.59 Å². The number of hydrogen-bond acceptors (Lipinski definition) is 4. The molecule has 2 aromatic heterocycles. The number of H-pyrrole nitrogens is 1. The molecule has 0 fully saturated rings. The van der Waals surface area contributed by atoms with Crippen LogP contribution < -0.4 is 0 Å². The first-order chi connectivity index (χ1) is 11.4. The summed E-state index contributed by atoms with van der Waals surface area (Å²) in [6.45, 7) is 1.50. The van der Waals surface area contributed by atoms with E-state index in [4.69, 9.17) is 10.2 Å². The van der Waals surface area contributed by atoms with Crippen molar-refractivity contribution in [2.24, 2.45) is 5.41 Å². The van der Waals surface area contributed by atoms with Crippen LogP contribution in [0.4, 0.5) is 0 Å². The van der Waals surface area contributed by atoms with Gasteiger partial charge in [-0.2, -0.15) is 0 Å². The van der Waals surface area contributed by atoms with Crippen LogP contribution in [-0.2, 0) is 9.59 Å². The van der Waals surface area contributed by atoms with Crippen LogP contribution in [0.5, 0.6) is 0 Å². The predicted octanol–water partition coefficient (Wildman–Crippen LogP) is 2.52. The molecule has 1 aliphatic rings. The fraction of sp³-hybridized carbons (Fsp3) is 0.176. The normalized spacial score (nSPS) is 19.0. The Labute approximate surface area is 138 Å². The van der Waals surface area contributed by atoms with Crippen molar-refractivity contribution in [2.75, 3.05) is 0 Å². The third kappa shape index (κ3) is 4.16. The lowest BCUT2D eigenvalue weighted by Gasteiger charge is -2.23. The van der Waals surface area contributed by atoms with Crippen LogP contribution in [0.2, 0.25) is 0 Å².